The number of rotatable bonds is 0. The van der Waals surface area contributed by atoms with Crippen molar-refractivity contribution in [3.8, 4) is 0 Å². The highest BCUT2D eigenvalue weighted by molar-refractivity contribution is 6.38. The summed E-state index contributed by atoms with van der Waals surface area (Å²) in [6, 6.07) is 0. The van der Waals surface area contributed by atoms with E-state index in [9.17, 15) is 4.79 Å². The molecule has 3 aliphatic carbocycles. The second-order valence-corrected chi connectivity index (χ2v) is 6.48. The lowest BCUT2D eigenvalue weighted by Gasteiger charge is -2.43. The summed E-state index contributed by atoms with van der Waals surface area (Å²) in [7, 11) is 0. The Labute approximate surface area is 114 Å². The van der Waals surface area contributed by atoms with Crippen LogP contribution in [0.4, 0.5) is 0 Å². The van der Waals surface area contributed by atoms with Crippen molar-refractivity contribution in [1.29, 1.82) is 0 Å². The summed E-state index contributed by atoms with van der Waals surface area (Å²) in [4.78, 5) is 12.3. The smallest absolute Gasteiger partial charge is 0.146 e. The molecule has 2 fully saturated rings. The number of hydrogen-bond acceptors (Lipinski definition) is 2. The molecule has 0 amide bonds. The minimum absolute atomic E-state index is 0.00694. The van der Waals surface area contributed by atoms with Gasteiger partial charge in [-0.25, -0.2) is 0 Å². The molecule has 4 rings (SSSR count). The first-order valence-electron chi connectivity index (χ1n) is 5.67. The zero-order chi connectivity index (χ0) is 11.9. The minimum atomic E-state index is -0.319. The predicted octanol–water partition coefficient (Wildman–Crippen LogP) is 2.68. The van der Waals surface area contributed by atoms with Crippen LogP contribution in [0.2, 0.25) is 0 Å². The van der Waals surface area contributed by atoms with E-state index in [1.165, 1.54) is 0 Å². The Bertz CT molecular complexity index is 484. The van der Waals surface area contributed by atoms with Crippen molar-refractivity contribution in [2.75, 3.05) is 0 Å². The van der Waals surface area contributed by atoms with Crippen molar-refractivity contribution in [1.82, 2.24) is 0 Å². The van der Waals surface area contributed by atoms with Crippen molar-refractivity contribution < 1.29 is 9.53 Å². The average molecular weight is 292 g/mol. The Morgan fingerprint density at radius 1 is 1.18 bits per heavy atom. The molecule has 17 heavy (non-hydrogen) atoms. The van der Waals surface area contributed by atoms with Gasteiger partial charge in [-0.05, 0) is 0 Å². The number of carbonyl (C=O) groups excluding carboxylic acids is 1. The molecule has 5 bridgehead atoms. The maximum atomic E-state index is 12.3. The van der Waals surface area contributed by atoms with E-state index in [1.807, 2.05) is 12.2 Å². The van der Waals surface area contributed by atoms with Gasteiger partial charge in [0.25, 0.3) is 0 Å². The molecule has 0 spiro atoms. The van der Waals surface area contributed by atoms with Gasteiger partial charge in [-0.1, -0.05) is 35.4 Å². The maximum Gasteiger partial charge on any atom is 0.146 e. The summed E-state index contributed by atoms with van der Waals surface area (Å²) in [5.74, 6) is -0.175. The largest absolute Gasteiger partial charge is 0.368 e. The van der Waals surface area contributed by atoms with Gasteiger partial charge in [0.05, 0.1) is 17.4 Å². The zero-order valence-electron chi connectivity index (χ0n) is 8.65. The fourth-order valence-corrected chi connectivity index (χ4v) is 4.74. The number of Topliss-reactive ketones (excluding diaryl/α,β-unsaturated/α-hetero) is 1. The molecular weight excluding hydrogens is 282 g/mol. The van der Waals surface area contributed by atoms with Crippen molar-refractivity contribution in [2.24, 2.45) is 23.7 Å². The lowest BCUT2D eigenvalue weighted by atomic mass is 9.60. The van der Waals surface area contributed by atoms with E-state index in [4.69, 9.17) is 39.5 Å². The van der Waals surface area contributed by atoms with Crippen molar-refractivity contribution in [2.45, 2.75) is 17.6 Å². The number of fused-ring (bicyclic) bond motifs is 2. The van der Waals surface area contributed by atoms with E-state index in [2.05, 4.69) is 0 Å². The Morgan fingerprint density at radius 2 is 1.94 bits per heavy atom. The van der Waals surface area contributed by atoms with Crippen LogP contribution in [0.25, 0.3) is 0 Å². The van der Waals surface area contributed by atoms with E-state index >= 15 is 0 Å². The van der Waals surface area contributed by atoms with Gasteiger partial charge in [0.2, 0.25) is 0 Å². The minimum Gasteiger partial charge on any atom is -0.368 e. The SMILES string of the molecule is O=C1C2C=C(Cl)C3OC4C2C=C(Cl)C(Cl)C4C13. The molecule has 7 atom stereocenters. The fourth-order valence-electron chi connectivity index (χ4n) is 3.76. The van der Waals surface area contributed by atoms with E-state index < -0.39 is 0 Å². The van der Waals surface area contributed by atoms with Gasteiger partial charge in [0.1, 0.15) is 11.9 Å². The van der Waals surface area contributed by atoms with Gasteiger partial charge < -0.3 is 4.74 Å². The molecule has 1 saturated heterocycles. The fraction of sp³-hybridized carbons (Fsp3) is 0.583. The molecule has 2 nitrogen and oxygen atoms in total. The topological polar surface area (TPSA) is 26.3 Å². The molecule has 7 unspecified atom stereocenters. The van der Waals surface area contributed by atoms with Gasteiger partial charge in [-0.3, -0.25) is 4.79 Å². The van der Waals surface area contributed by atoms with E-state index in [0.717, 1.165) is 0 Å². The molecule has 0 N–H and O–H groups in total. The summed E-state index contributed by atoms with van der Waals surface area (Å²) >= 11 is 18.7. The molecule has 0 aromatic carbocycles. The first-order valence-corrected chi connectivity index (χ1v) is 6.86. The van der Waals surface area contributed by atoms with Crippen LogP contribution in [-0.4, -0.2) is 23.4 Å². The monoisotopic (exact) mass is 290 g/mol. The number of ether oxygens (including phenoxy) is 1. The third kappa shape index (κ3) is 1.16. The highest BCUT2D eigenvalue weighted by Crippen LogP contribution is 2.58. The third-order valence-corrected chi connectivity index (χ3v) is 5.78. The van der Waals surface area contributed by atoms with Crippen molar-refractivity contribution >= 4 is 40.6 Å². The Kier molecular flexibility index (Phi) is 2.11. The molecule has 4 aliphatic rings. The summed E-state index contributed by atoms with van der Waals surface area (Å²) in [6.45, 7) is 0. The molecule has 1 saturated carbocycles. The van der Waals surface area contributed by atoms with Crippen LogP contribution in [-0.2, 0) is 9.53 Å². The number of allylic oxidation sites excluding steroid dienone is 2. The molecule has 0 radical (unpaired) electrons. The van der Waals surface area contributed by atoms with Gasteiger partial charge in [0, 0.05) is 27.8 Å². The van der Waals surface area contributed by atoms with Crippen molar-refractivity contribution in [3.63, 3.8) is 0 Å². The summed E-state index contributed by atoms with van der Waals surface area (Å²) < 4.78 is 5.94. The average Bonchev–Trinajstić information content (AvgIpc) is 2.59. The number of carbonyl (C=O) groups is 1. The van der Waals surface area contributed by atoms with Crippen LogP contribution >= 0.6 is 34.8 Å². The number of halogens is 3. The highest BCUT2D eigenvalue weighted by atomic mass is 35.5. The lowest BCUT2D eigenvalue weighted by molar-refractivity contribution is -0.130. The normalized spacial score (nSPS) is 54.8. The predicted molar refractivity (Wildman–Crippen MR) is 65.1 cm³/mol. The Morgan fingerprint density at radius 3 is 2.71 bits per heavy atom. The molecule has 0 aromatic rings. The second kappa shape index (κ2) is 3.30. The van der Waals surface area contributed by atoms with E-state index in [0.29, 0.717) is 10.1 Å². The van der Waals surface area contributed by atoms with Gasteiger partial charge in [0.15, 0.2) is 0 Å². The molecule has 90 valence electrons. The number of alkyl halides is 1. The third-order valence-electron chi connectivity index (χ3n) is 4.44. The standard InChI is InChI=1S/C12H9Cl3O2/c13-5-2-4-3-1-6(14)12-8(10(3)16)7(9(5)15)11(4)17-12/h1-4,7-9,11-12H. The van der Waals surface area contributed by atoms with Crippen LogP contribution in [0.3, 0.4) is 0 Å². The first kappa shape index (κ1) is 10.9. The van der Waals surface area contributed by atoms with Crippen LogP contribution in [0.15, 0.2) is 22.2 Å². The van der Waals surface area contributed by atoms with Crippen molar-refractivity contribution in [3.05, 3.63) is 22.2 Å². The quantitative estimate of drug-likeness (QED) is 0.642. The van der Waals surface area contributed by atoms with E-state index in [1.54, 1.807) is 0 Å². The number of ketones is 1. The van der Waals surface area contributed by atoms with Crippen LogP contribution in [0.1, 0.15) is 0 Å². The highest BCUT2D eigenvalue weighted by Gasteiger charge is 2.64. The first-order chi connectivity index (χ1) is 8.09. The summed E-state index contributed by atoms with van der Waals surface area (Å²) in [5.41, 5.74) is 0. The molecule has 1 heterocycles. The van der Waals surface area contributed by atoms with Gasteiger partial charge in [-0.15, -0.1) is 11.6 Å². The Balaban J connectivity index is 1.95. The Hall–Kier alpha value is -0.0200. The molecule has 5 heteroatoms. The molecular formula is C12H9Cl3O2. The van der Waals surface area contributed by atoms with Crippen LogP contribution < -0.4 is 0 Å². The van der Waals surface area contributed by atoms with Gasteiger partial charge >= 0.3 is 0 Å². The van der Waals surface area contributed by atoms with Crippen LogP contribution in [0.5, 0.6) is 0 Å². The van der Waals surface area contributed by atoms with Crippen LogP contribution in [0, 0.1) is 23.7 Å². The summed E-state index contributed by atoms with van der Waals surface area (Å²) in [5, 5.41) is 0.987. The second-order valence-electron chi connectivity index (χ2n) is 5.13. The number of hydrogen-bond donors (Lipinski definition) is 0. The lowest BCUT2D eigenvalue weighted by Crippen LogP contribution is -2.52. The maximum absolute atomic E-state index is 12.3. The van der Waals surface area contributed by atoms with E-state index in [-0.39, 0.29) is 47.0 Å². The molecule has 1 aliphatic heterocycles. The van der Waals surface area contributed by atoms with Gasteiger partial charge in [-0.2, -0.15) is 0 Å². The zero-order valence-corrected chi connectivity index (χ0v) is 10.9. The molecule has 0 aromatic heterocycles. The summed E-state index contributed by atoms with van der Waals surface area (Å²) in [6.07, 6.45) is 3.41.